The molecule has 0 aromatic rings. The molecule has 0 bridgehead atoms. The smallest absolute Gasteiger partial charge is 0.238 e. The second-order valence-corrected chi connectivity index (χ2v) is 2.51. The van der Waals surface area contributed by atoms with Gasteiger partial charge in [0, 0.05) is 13.2 Å². The first-order chi connectivity index (χ1) is 4.57. The van der Waals surface area contributed by atoms with Gasteiger partial charge in [0.15, 0.2) is 0 Å². The van der Waals surface area contributed by atoms with E-state index in [0.29, 0.717) is 0 Å². The molecule has 0 unspecified atom stereocenters. The van der Waals surface area contributed by atoms with E-state index in [9.17, 15) is 9.59 Å². The summed E-state index contributed by atoms with van der Waals surface area (Å²) >= 11 is 1.19. The Hall–Kier alpha value is -0.710. The summed E-state index contributed by atoms with van der Waals surface area (Å²) in [6.45, 7) is 1.37. The van der Waals surface area contributed by atoms with Crippen molar-refractivity contribution in [2.45, 2.75) is 6.92 Å². The predicted octanol–water partition coefficient (Wildman–Crippen LogP) is -0.402. The topological polar surface area (TPSA) is 63.4 Å². The maximum atomic E-state index is 10.6. The standard InChI is InChI=1S/C5H10N2O2S/c1-4(8)7(10-2)3-5(6)9/h3H2,1-2H3,(H2,6,9). The molecule has 0 aromatic heterocycles. The van der Waals surface area contributed by atoms with Gasteiger partial charge in [0.25, 0.3) is 0 Å². The highest BCUT2D eigenvalue weighted by Crippen LogP contribution is 2.03. The van der Waals surface area contributed by atoms with Crippen molar-refractivity contribution in [1.29, 1.82) is 0 Å². The summed E-state index contributed by atoms with van der Waals surface area (Å²) in [6, 6.07) is 0. The molecule has 10 heavy (non-hydrogen) atoms. The van der Waals surface area contributed by atoms with Crippen LogP contribution in [0.5, 0.6) is 0 Å². The third kappa shape index (κ3) is 3.34. The van der Waals surface area contributed by atoms with Crippen LogP contribution >= 0.6 is 11.9 Å². The minimum atomic E-state index is -0.496. The lowest BCUT2D eigenvalue weighted by Crippen LogP contribution is -2.31. The Bertz CT molecular complexity index is 149. The van der Waals surface area contributed by atoms with Crippen LogP contribution < -0.4 is 5.73 Å². The summed E-state index contributed by atoms with van der Waals surface area (Å²) in [7, 11) is 0. The van der Waals surface area contributed by atoms with E-state index in [4.69, 9.17) is 5.73 Å². The van der Waals surface area contributed by atoms with E-state index < -0.39 is 5.91 Å². The van der Waals surface area contributed by atoms with Gasteiger partial charge in [-0.3, -0.25) is 13.9 Å². The van der Waals surface area contributed by atoms with Crippen LogP contribution in [0.4, 0.5) is 0 Å². The third-order valence-corrected chi connectivity index (χ3v) is 1.70. The third-order valence-electron chi connectivity index (χ3n) is 0.871. The summed E-state index contributed by atoms with van der Waals surface area (Å²) in [5.74, 6) is -0.657. The molecular formula is C5H10N2O2S. The van der Waals surface area contributed by atoms with Gasteiger partial charge in [0.05, 0.1) is 0 Å². The Balaban J connectivity index is 3.83. The Morgan fingerprint density at radius 3 is 2.20 bits per heavy atom. The SMILES string of the molecule is CSN(CC(N)=O)C(C)=O. The Morgan fingerprint density at radius 1 is 1.60 bits per heavy atom. The fraction of sp³-hybridized carbons (Fsp3) is 0.600. The Kier molecular flexibility index (Phi) is 3.87. The number of rotatable bonds is 3. The molecule has 0 spiro atoms. The lowest BCUT2D eigenvalue weighted by molar-refractivity contribution is -0.128. The van der Waals surface area contributed by atoms with Crippen LogP contribution in [0.25, 0.3) is 0 Å². The number of amides is 2. The lowest BCUT2D eigenvalue weighted by atomic mass is 10.6. The molecule has 4 nitrogen and oxygen atoms in total. The summed E-state index contributed by atoms with van der Waals surface area (Å²) in [5, 5.41) is 0. The molecular weight excluding hydrogens is 152 g/mol. The van der Waals surface area contributed by atoms with Gasteiger partial charge in [-0.2, -0.15) is 0 Å². The second kappa shape index (κ2) is 4.16. The fourth-order valence-electron chi connectivity index (χ4n) is 0.446. The van der Waals surface area contributed by atoms with Gasteiger partial charge in [-0.05, 0) is 0 Å². The Labute approximate surface area is 63.9 Å². The van der Waals surface area contributed by atoms with Crippen molar-refractivity contribution >= 4 is 23.8 Å². The number of primary amides is 1. The molecule has 0 saturated heterocycles. The van der Waals surface area contributed by atoms with Crippen LogP contribution in [0.2, 0.25) is 0 Å². The average molecular weight is 162 g/mol. The summed E-state index contributed by atoms with van der Waals surface area (Å²) in [6.07, 6.45) is 1.71. The molecule has 0 aromatic carbocycles. The molecule has 58 valence electrons. The first-order valence-corrected chi connectivity index (χ1v) is 3.86. The van der Waals surface area contributed by atoms with Crippen LogP contribution in [-0.2, 0) is 9.59 Å². The van der Waals surface area contributed by atoms with Crippen molar-refractivity contribution in [3.05, 3.63) is 0 Å². The van der Waals surface area contributed by atoms with Crippen molar-refractivity contribution in [1.82, 2.24) is 4.31 Å². The maximum absolute atomic E-state index is 10.6. The first-order valence-electron chi connectivity index (χ1n) is 2.68. The first kappa shape index (κ1) is 9.29. The Morgan fingerprint density at radius 2 is 2.10 bits per heavy atom. The van der Waals surface area contributed by atoms with E-state index in [-0.39, 0.29) is 12.5 Å². The predicted molar refractivity (Wildman–Crippen MR) is 40.1 cm³/mol. The molecule has 0 atom stereocenters. The molecule has 0 rings (SSSR count). The van der Waals surface area contributed by atoms with E-state index in [2.05, 4.69) is 0 Å². The van der Waals surface area contributed by atoms with Gasteiger partial charge in [0.2, 0.25) is 11.8 Å². The van der Waals surface area contributed by atoms with Gasteiger partial charge in [-0.1, -0.05) is 11.9 Å². The van der Waals surface area contributed by atoms with Crippen molar-refractivity contribution in [2.24, 2.45) is 5.73 Å². The molecule has 0 fully saturated rings. The van der Waals surface area contributed by atoms with Gasteiger partial charge in [-0.25, -0.2) is 0 Å². The minimum Gasteiger partial charge on any atom is -0.368 e. The molecule has 0 aliphatic rings. The highest BCUT2D eigenvalue weighted by atomic mass is 32.2. The van der Waals surface area contributed by atoms with E-state index in [1.54, 1.807) is 6.26 Å². The van der Waals surface area contributed by atoms with Gasteiger partial charge >= 0.3 is 0 Å². The number of hydrogen-bond acceptors (Lipinski definition) is 3. The molecule has 5 heteroatoms. The molecule has 0 radical (unpaired) electrons. The zero-order valence-corrected chi connectivity index (χ0v) is 6.77. The second-order valence-electron chi connectivity index (χ2n) is 1.70. The summed E-state index contributed by atoms with van der Waals surface area (Å²) in [5.41, 5.74) is 4.86. The number of carbonyl (C=O) groups is 2. The minimum absolute atomic E-state index is 0.0174. The lowest BCUT2D eigenvalue weighted by Gasteiger charge is -2.13. The van der Waals surface area contributed by atoms with Crippen LogP contribution in [0.15, 0.2) is 0 Å². The van der Waals surface area contributed by atoms with E-state index >= 15 is 0 Å². The van der Waals surface area contributed by atoms with Crippen molar-refractivity contribution in [3.63, 3.8) is 0 Å². The van der Waals surface area contributed by atoms with Crippen LogP contribution in [0.1, 0.15) is 6.92 Å². The maximum Gasteiger partial charge on any atom is 0.238 e. The van der Waals surface area contributed by atoms with Crippen LogP contribution in [0, 0.1) is 0 Å². The molecule has 2 amide bonds. The van der Waals surface area contributed by atoms with Gasteiger partial charge < -0.3 is 5.73 Å². The van der Waals surface area contributed by atoms with E-state index in [1.165, 1.54) is 23.2 Å². The zero-order chi connectivity index (χ0) is 8.15. The summed E-state index contributed by atoms with van der Waals surface area (Å²) in [4.78, 5) is 20.9. The quantitative estimate of drug-likeness (QED) is 0.574. The van der Waals surface area contributed by atoms with Crippen LogP contribution in [-0.4, -0.2) is 28.9 Å². The van der Waals surface area contributed by atoms with E-state index in [1.807, 2.05) is 0 Å². The molecule has 0 aliphatic heterocycles. The van der Waals surface area contributed by atoms with Crippen molar-refractivity contribution in [2.75, 3.05) is 12.8 Å². The van der Waals surface area contributed by atoms with Gasteiger partial charge in [0.1, 0.15) is 6.54 Å². The normalized spacial score (nSPS) is 9.00. The largest absolute Gasteiger partial charge is 0.368 e. The zero-order valence-electron chi connectivity index (χ0n) is 5.96. The average Bonchev–Trinajstić information content (AvgIpc) is 1.81. The fourth-order valence-corrected chi connectivity index (χ4v) is 0.959. The van der Waals surface area contributed by atoms with Gasteiger partial charge in [-0.15, -0.1) is 0 Å². The van der Waals surface area contributed by atoms with E-state index in [0.717, 1.165) is 0 Å². The molecule has 0 aliphatic carbocycles. The van der Waals surface area contributed by atoms with Crippen molar-refractivity contribution in [3.8, 4) is 0 Å². The van der Waals surface area contributed by atoms with Crippen LogP contribution in [0.3, 0.4) is 0 Å². The monoisotopic (exact) mass is 162 g/mol. The molecule has 0 saturated carbocycles. The number of nitrogens with two attached hydrogens (primary N) is 1. The number of hydrogen-bond donors (Lipinski definition) is 1. The molecule has 0 heterocycles. The highest BCUT2D eigenvalue weighted by molar-refractivity contribution is 7.96. The highest BCUT2D eigenvalue weighted by Gasteiger charge is 2.08. The molecule has 2 N–H and O–H groups in total. The summed E-state index contributed by atoms with van der Waals surface area (Å²) < 4.78 is 1.29. The number of nitrogens with zero attached hydrogens (tertiary/aromatic N) is 1. The van der Waals surface area contributed by atoms with Crippen molar-refractivity contribution < 1.29 is 9.59 Å². The number of carbonyl (C=O) groups excluding carboxylic acids is 2.